The topological polar surface area (TPSA) is 46.2 Å². The number of hydrogen-bond acceptors (Lipinski definition) is 4. The molecule has 0 spiro atoms. The Morgan fingerprint density at radius 1 is 1.56 bits per heavy atom. The Hall–Kier alpha value is -1.40. The quantitative estimate of drug-likeness (QED) is 0.897. The molecule has 2 rings (SSSR count). The standard InChI is InChI=1S/C12H13BrFN3O/c1-18-12-8(4-10(14)7-17-12)5-15-11-3-2-9(13)6-16-11/h2-4,6-7,12,17H,5H2,1H3,(H,15,16). The van der Waals surface area contributed by atoms with Crippen molar-refractivity contribution in [1.29, 1.82) is 0 Å². The molecule has 1 aromatic rings. The molecule has 6 heteroatoms. The second-order valence-electron chi connectivity index (χ2n) is 3.75. The van der Waals surface area contributed by atoms with Gasteiger partial charge in [-0.2, -0.15) is 0 Å². The molecule has 96 valence electrons. The molecule has 0 aliphatic carbocycles. The maximum atomic E-state index is 13.1. The van der Waals surface area contributed by atoms with Crippen LogP contribution in [0.2, 0.25) is 0 Å². The van der Waals surface area contributed by atoms with Crippen molar-refractivity contribution in [2.75, 3.05) is 19.0 Å². The predicted octanol–water partition coefficient (Wildman–Crippen LogP) is 2.57. The van der Waals surface area contributed by atoms with Crippen LogP contribution in [-0.4, -0.2) is 24.9 Å². The van der Waals surface area contributed by atoms with E-state index in [-0.39, 0.29) is 12.1 Å². The van der Waals surface area contributed by atoms with Crippen LogP contribution in [-0.2, 0) is 4.74 Å². The molecule has 0 amide bonds. The summed E-state index contributed by atoms with van der Waals surface area (Å²) in [6.45, 7) is 0.460. The molecule has 0 aromatic carbocycles. The predicted molar refractivity (Wildman–Crippen MR) is 71.6 cm³/mol. The van der Waals surface area contributed by atoms with E-state index in [1.54, 1.807) is 13.3 Å². The van der Waals surface area contributed by atoms with E-state index in [1.807, 2.05) is 12.1 Å². The van der Waals surface area contributed by atoms with Gasteiger partial charge in [0.05, 0.1) is 0 Å². The molecule has 0 fully saturated rings. The second kappa shape index (κ2) is 5.97. The Bertz CT molecular complexity index is 473. The molecule has 4 nitrogen and oxygen atoms in total. The highest BCUT2D eigenvalue weighted by molar-refractivity contribution is 9.10. The second-order valence-corrected chi connectivity index (χ2v) is 4.66. The van der Waals surface area contributed by atoms with E-state index in [1.165, 1.54) is 12.3 Å². The van der Waals surface area contributed by atoms with Crippen LogP contribution in [0.4, 0.5) is 10.2 Å². The molecular formula is C12H13BrFN3O. The molecule has 1 aliphatic rings. The Balaban J connectivity index is 2.00. The van der Waals surface area contributed by atoms with Gasteiger partial charge in [-0.25, -0.2) is 9.37 Å². The highest BCUT2D eigenvalue weighted by Gasteiger charge is 2.16. The summed E-state index contributed by atoms with van der Waals surface area (Å²) in [4.78, 5) is 4.18. The number of aromatic nitrogens is 1. The monoisotopic (exact) mass is 313 g/mol. The van der Waals surface area contributed by atoms with Crippen molar-refractivity contribution in [3.05, 3.63) is 46.5 Å². The smallest absolute Gasteiger partial charge is 0.151 e. The Morgan fingerprint density at radius 3 is 3.06 bits per heavy atom. The van der Waals surface area contributed by atoms with Crippen molar-refractivity contribution in [2.45, 2.75) is 6.23 Å². The molecule has 2 heterocycles. The zero-order valence-corrected chi connectivity index (χ0v) is 11.4. The molecule has 18 heavy (non-hydrogen) atoms. The largest absolute Gasteiger partial charge is 0.366 e. The van der Waals surface area contributed by atoms with Crippen LogP contribution in [0.3, 0.4) is 0 Å². The van der Waals surface area contributed by atoms with Crippen molar-refractivity contribution in [2.24, 2.45) is 0 Å². The number of ether oxygens (including phenoxy) is 1. The number of rotatable bonds is 4. The van der Waals surface area contributed by atoms with Gasteiger partial charge < -0.3 is 15.4 Å². The lowest BCUT2D eigenvalue weighted by molar-refractivity contribution is 0.112. The molecule has 0 radical (unpaired) electrons. The number of hydrogen-bond donors (Lipinski definition) is 2. The van der Waals surface area contributed by atoms with Crippen LogP contribution < -0.4 is 10.6 Å². The van der Waals surface area contributed by atoms with Crippen LogP contribution in [0.1, 0.15) is 0 Å². The number of pyridine rings is 1. The van der Waals surface area contributed by atoms with Gasteiger partial charge in [-0.1, -0.05) is 0 Å². The zero-order chi connectivity index (χ0) is 13.0. The van der Waals surface area contributed by atoms with Crippen molar-refractivity contribution >= 4 is 21.7 Å². The molecule has 0 saturated carbocycles. The SMILES string of the molecule is COC1NC=C(F)C=C1CNc1ccc(Br)cn1. The number of dihydropyridines is 1. The number of methoxy groups -OCH3 is 1. The minimum Gasteiger partial charge on any atom is -0.366 e. The van der Waals surface area contributed by atoms with Crippen molar-refractivity contribution in [3.63, 3.8) is 0 Å². The van der Waals surface area contributed by atoms with Crippen molar-refractivity contribution in [1.82, 2.24) is 10.3 Å². The van der Waals surface area contributed by atoms with Crippen LogP contribution >= 0.6 is 15.9 Å². The molecule has 1 aromatic heterocycles. The normalized spacial score (nSPS) is 18.7. The number of halogens is 2. The van der Waals surface area contributed by atoms with Crippen LogP contribution in [0, 0.1) is 0 Å². The Kier molecular flexibility index (Phi) is 4.33. The van der Waals surface area contributed by atoms with Crippen molar-refractivity contribution < 1.29 is 9.13 Å². The molecule has 1 unspecified atom stereocenters. The first-order valence-corrected chi connectivity index (χ1v) is 6.19. The molecule has 1 aliphatic heterocycles. The lowest BCUT2D eigenvalue weighted by atomic mass is 10.1. The molecule has 2 N–H and O–H groups in total. The summed E-state index contributed by atoms with van der Waals surface area (Å²) in [5, 5.41) is 5.93. The van der Waals surface area contributed by atoms with Crippen LogP contribution in [0.25, 0.3) is 0 Å². The van der Waals surface area contributed by atoms with Gasteiger partial charge in [0.1, 0.15) is 11.6 Å². The average molecular weight is 314 g/mol. The Morgan fingerprint density at radius 2 is 2.39 bits per heavy atom. The average Bonchev–Trinajstić information content (AvgIpc) is 2.38. The number of anilines is 1. The summed E-state index contributed by atoms with van der Waals surface area (Å²) in [6, 6.07) is 3.73. The van der Waals surface area contributed by atoms with E-state index in [2.05, 4.69) is 31.5 Å². The minimum atomic E-state index is -0.316. The summed E-state index contributed by atoms with van der Waals surface area (Å²) >= 11 is 3.31. The molecular weight excluding hydrogens is 301 g/mol. The molecule has 0 saturated heterocycles. The summed E-state index contributed by atoms with van der Waals surface area (Å²) in [5.41, 5.74) is 0.780. The van der Waals surface area contributed by atoms with Crippen molar-refractivity contribution in [3.8, 4) is 0 Å². The highest BCUT2D eigenvalue weighted by Crippen LogP contribution is 2.16. The van der Waals surface area contributed by atoms with Gasteiger partial charge in [-0.15, -0.1) is 0 Å². The van der Waals surface area contributed by atoms with E-state index in [0.717, 1.165) is 15.9 Å². The third-order valence-electron chi connectivity index (χ3n) is 2.47. The summed E-state index contributed by atoms with van der Waals surface area (Å²) < 4.78 is 19.3. The van der Waals surface area contributed by atoms with Gasteiger partial charge in [0.2, 0.25) is 0 Å². The maximum absolute atomic E-state index is 13.1. The van der Waals surface area contributed by atoms with E-state index in [0.29, 0.717) is 6.54 Å². The van der Waals surface area contributed by atoms with Gasteiger partial charge in [-0.05, 0) is 34.1 Å². The first-order chi connectivity index (χ1) is 8.69. The van der Waals surface area contributed by atoms with E-state index in [4.69, 9.17) is 4.74 Å². The van der Waals surface area contributed by atoms with Gasteiger partial charge in [0.25, 0.3) is 0 Å². The van der Waals surface area contributed by atoms with Gasteiger partial charge in [0, 0.05) is 36.1 Å². The van der Waals surface area contributed by atoms with Gasteiger partial charge in [0.15, 0.2) is 6.23 Å². The lowest BCUT2D eigenvalue weighted by Gasteiger charge is -2.22. The fraction of sp³-hybridized carbons (Fsp3) is 0.250. The van der Waals surface area contributed by atoms with E-state index in [9.17, 15) is 4.39 Å². The lowest BCUT2D eigenvalue weighted by Crippen LogP contribution is -2.33. The van der Waals surface area contributed by atoms with Gasteiger partial charge >= 0.3 is 0 Å². The molecule has 1 atom stereocenters. The van der Waals surface area contributed by atoms with E-state index >= 15 is 0 Å². The minimum absolute atomic E-state index is 0.313. The number of nitrogens with one attached hydrogen (secondary N) is 2. The summed E-state index contributed by atoms with van der Waals surface area (Å²) in [5.74, 6) is 0.410. The summed E-state index contributed by atoms with van der Waals surface area (Å²) in [6.07, 6.45) is 4.13. The van der Waals surface area contributed by atoms with Gasteiger partial charge in [-0.3, -0.25) is 0 Å². The first-order valence-electron chi connectivity index (χ1n) is 5.39. The van der Waals surface area contributed by atoms with Crippen LogP contribution in [0.15, 0.2) is 46.5 Å². The third-order valence-corrected chi connectivity index (χ3v) is 2.94. The highest BCUT2D eigenvalue weighted by atomic mass is 79.9. The zero-order valence-electron chi connectivity index (χ0n) is 9.78. The summed E-state index contributed by atoms with van der Waals surface area (Å²) in [7, 11) is 1.57. The third kappa shape index (κ3) is 3.30. The van der Waals surface area contributed by atoms with Crippen LogP contribution in [0.5, 0.6) is 0 Å². The first kappa shape index (κ1) is 13.0. The molecule has 0 bridgehead atoms. The maximum Gasteiger partial charge on any atom is 0.151 e. The fourth-order valence-corrected chi connectivity index (χ4v) is 1.83. The van der Waals surface area contributed by atoms with E-state index < -0.39 is 0 Å². The number of nitrogens with zero attached hydrogens (tertiary/aromatic N) is 1. The number of allylic oxidation sites excluding steroid dienone is 2. The fourth-order valence-electron chi connectivity index (χ4n) is 1.59. The Labute approximate surface area is 113 Å².